The Morgan fingerprint density at radius 3 is 2.07 bits per heavy atom. The lowest BCUT2D eigenvalue weighted by molar-refractivity contribution is 0.460. The lowest BCUT2D eigenvalue weighted by Gasteiger charge is -2.33. The van der Waals surface area contributed by atoms with Gasteiger partial charge in [-0.15, -0.1) is 0 Å². The van der Waals surface area contributed by atoms with E-state index in [2.05, 4.69) is 36.5 Å². The Hall–Kier alpha value is -2.36. The van der Waals surface area contributed by atoms with Crippen molar-refractivity contribution in [1.82, 2.24) is 4.72 Å². The molecule has 1 fully saturated rings. The van der Waals surface area contributed by atoms with Gasteiger partial charge in [-0.05, 0) is 60.2 Å². The average Bonchev–Trinajstić information content (AvgIpc) is 2.68. The Balaban J connectivity index is 1.61. The van der Waals surface area contributed by atoms with Gasteiger partial charge in [-0.1, -0.05) is 32.9 Å². The van der Waals surface area contributed by atoms with Crippen LogP contribution in [0.1, 0.15) is 44.7 Å². The number of rotatable bonds is 4. The number of piperidine rings is 1. The first-order valence-corrected chi connectivity index (χ1v) is 11.1. The molecule has 0 bridgehead atoms. The van der Waals surface area contributed by atoms with E-state index in [0.29, 0.717) is 10.5 Å². The lowest BCUT2D eigenvalue weighted by Crippen LogP contribution is -2.44. The van der Waals surface area contributed by atoms with Crippen molar-refractivity contribution in [3.63, 3.8) is 0 Å². The van der Waals surface area contributed by atoms with Crippen LogP contribution in [-0.2, 0) is 15.4 Å². The molecule has 0 aromatic heterocycles. The van der Waals surface area contributed by atoms with Crippen LogP contribution < -0.4 is 9.62 Å². The number of nitriles is 1. The molecule has 1 aliphatic heterocycles. The van der Waals surface area contributed by atoms with Gasteiger partial charge < -0.3 is 4.90 Å². The predicted octanol–water partition coefficient (Wildman–Crippen LogP) is 3.80. The third kappa shape index (κ3) is 4.73. The van der Waals surface area contributed by atoms with Crippen LogP contribution in [0, 0.1) is 11.3 Å². The van der Waals surface area contributed by atoms with Gasteiger partial charge in [0.05, 0.1) is 16.5 Å². The summed E-state index contributed by atoms with van der Waals surface area (Å²) in [6.45, 7) is 7.88. The van der Waals surface area contributed by atoms with E-state index >= 15 is 0 Å². The SMILES string of the molecule is CC(C)(C)c1ccc(S(=O)(=O)NC2CCN(c3ccc(C#N)cc3)CC2)cc1. The molecule has 2 aromatic carbocycles. The van der Waals surface area contributed by atoms with Crippen molar-refractivity contribution in [1.29, 1.82) is 5.26 Å². The van der Waals surface area contributed by atoms with Gasteiger partial charge in [-0.25, -0.2) is 13.1 Å². The largest absolute Gasteiger partial charge is 0.371 e. The molecule has 1 heterocycles. The first-order chi connectivity index (χ1) is 13.2. The fourth-order valence-corrected chi connectivity index (χ4v) is 4.73. The summed E-state index contributed by atoms with van der Waals surface area (Å²) in [4.78, 5) is 2.54. The zero-order chi connectivity index (χ0) is 20.4. The maximum Gasteiger partial charge on any atom is 0.240 e. The number of sulfonamides is 1. The fourth-order valence-electron chi connectivity index (χ4n) is 3.42. The highest BCUT2D eigenvalue weighted by atomic mass is 32.2. The zero-order valence-corrected chi connectivity index (χ0v) is 17.5. The van der Waals surface area contributed by atoms with Gasteiger partial charge in [0, 0.05) is 24.8 Å². The Labute approximate surface area is 168 Å². The Morgan fingerprint density at radius 1 is 1.00 bits per heavy atom. The second-order valence-electron chi connectivity index (χ2n) is 8.32. The fraction of sp³-hybridized carbons (Fsp3) is 0.409. The summed E-state index contributed by atoms with van der Waals surface area (Å²) < 4.78 is 28.3. The van der Waals surface area contributed by atoms with Crippen molar-refractivity contribution in [2.45, 2.75) is 50.0 Å². The molecule has 1 aliphatic rings. The van der Waals surface area contributed by atoms with Crippen LogP contribution in [0.15, 0.2) is 53.4 Å². The smallest absolute Gasteiger partial charge is 0.240 e. The normalized spacial score (nSPS) is 16.0. The number of hydrogen-bond donors (Lipinski definition) is 1. The highest BCUT2D eigenvalue weighted by Crippen LogP contribution is 2.25. The molecule has 0 spiro atoms. The third-order valence-electron chi connectivity index (χ3n) is 5.21. The van der Waals surface area contributed by atoms with E-state index in [9.17, 15) is 8.42 Å². The van der Waals surface area contributed by atoms with Gasteiger partial charge in [0.25, 0.3) is 0 Å². The zero-order valence-electron chi connectivity index (χ0n) is 16.6. The van der Waals surface area contributed by atoms with Crippen LogP contribution in [0.4, 0.5) is 5.69 Å². The van der Waals surface area contributed by atoms with Crippen LogP contribution in [0.2, 0.25) is 0 Å². The number of benzene rings is 2. The van der Waals surface area contributed by atoms with E-state index in [1.807, 2.05) is 36.4 Å². The second-order valence-corrected chi connectivity index (χ2v) is 10.0. The third-order valence-corrected chi connectivity index (χ3v) is 6.75. The number of anilines is 1. The van der Waals surface area contributed by atoms with E-state index < -0.39 is 10.0 Å². The van der Waals surface area contributed by atoms with Crippen molar-refractivity contribution >= 4 is 15.7 Å². The number of hydrogen-bond acceptors (Lipinski definition) is 4. The summed E-state index contributed by atoms with van der Waals surface area (Å²) in [5.41, 5.74) is 2.82. The van der Waals surface area contributed by atoms with Crippen molar-refractivity contribution in [2.75, 3.05) is 18.0 Å². The molecule has 148 valence electrons. The molecular weight excluding hydrogens is 370 g/mol. The molecule has 0 radical (unpaired) electrons. The van der Waals surface area contributed by atoms with E-state index in [1.54, 1.807) is 12.1 Å². The van der Waals surface area contributed by atoms with E-state index in [-0.39, 0.29) is 11.5 Å². The molecule has 5 nitrogen and oxygen atoms in total. The summed E-state index contributed by atoms with van der Waals surface area (Å²) in [6, 6.07) is 16.7. The van der Waals surface area contributed by atoms with Gasteiger partial charge in [0.15, 0.2) is 0 Å². The van der Waals surface area contributed by atoms with Crippen molar-refractivity contribution in [3.8, 4) is 6.07 Å². The Kier molecular flexibility index (Phi) is 5.78. The van der Waals surface area contributed by atoms with Gasteiger partial charge in [-0.3, -0.25) is 0 Å². The summed E-state index contributed by atoms with van der Waals surface area (Å²) in [5.74, 6) is 0. The maximum atomic E-state index is 12.7. The number of nitrogens with zero attached hydrogens (tertiary/aromatic N) is 2. The molecule has 0 amide bonds. The maximum absolute atomic E-state index is 12.7. The van der Waals surface area contributed by atoms with Gasteiger partial charge in [-0.2, -0.15) is 5.26 Å². The molecule has 28 heavy (non-hydrogen) atoms. The van der Waals surface area contributed by atoms with E-state index in [1.165, 1.54) is 0 Å². The lowest BCUT2D eigenvalue weighted by atomic mass is 9.87. The minimum Gasteiger partial charge on any atom is -0.371 e. The van der Waals surface area contributed by atoms with E-state index in [4.69, 9.17) is 5.26 Å². The first kappa shape index (κ1) is 20.4. The topological polar surface area (TPSA) is 73.2 Å². The highest BCUT2D eigenvalue weighted by Gasteiger charge is 2.25. The predicted molar refractivity (Wildman–Crippen MR) is 112 cm³/mol. The van der Waals surface area contributed by atoms with Gasteiger partial charge >= 0.3 is 0 Å². The molecule has 1 N–H and O–H groups in total. The van der Waals surface area contributed by atoms with Gasteiger partial charge in [0.2, 0.25) is 10.0 Å². The monoisotopic (exact) mass is 397 g/mol. The molecule has 3 rings (SSSR count). The first-order valence-electron chi connectivity index (χ1n) is 9.57. The molecule has 0 aliphatic carbocycles. The van der Waals surface area contributed by atoms with Crippen LogP contribution in [0.25, 0.3) is 0 Å². The molecule has 0 unspecified atom stereocenters. The standard InChI is InChI=1S/C22H27N3O2S/c1-22(2,3)18-6-10-21(11-7-18)28(26,27)24-19-12-14-25(15-13-19)20-8-4-17(16-23)5-9-20/h4-11,19,24H,12-15H2,1-3H3. The molecular formula is C22H27N3O2S. The molecule has 2 aromatic rings. The molecule has 0 atom stereocenters. The Bertz CT molecular complexity index is 945. The summed E-state index contributed by atoms with van der Waals surface area (Å²) in [5, 5.41) is 8.90. The van der Waals surface area contributed by atoms with Crippen molar-refractivity contribution < 1.29 is 8.42 Å². The second kappa shape index (κ2) is 7.94. The number of nitrogens with one attached hydrogen (secondary N) is 1. The van der Waals surface area contributed by atoms with Crippen LogP contribution in [-0.4, -0.2) is 27.5 Å². The van der Waals surface area contributed by atoms with Crippen LogP contribution in [0.5, 0.6) is 0 Å². The average molecular weight is 398 g/mol. The van der Waals surface area contributed by atoms with Crippen LogP contribution in [0.3, 0.4) is 0 Å². The van der Waals surface area contributed by atoms with E-state index in [0.717, 1.165) is 37.2 Å². The minimum atomic E-state index is -3.52. The quantitative estimate of drug-likeness (QED) is 0.852. The van der Waals surface area contributed by atoms with Crippen molar-refractivity contribution in [3.05, 3.63) is 59.7 Å². The summed E-state index contributed by atoms with van der Waals surface area (Å²) in [6.07, 6.45) is 1.50. The highest BCUT2D eigenvalue weighted by molar-refractivity contribution is 7.89. The summed E-state index contributed by atoms with van der Waals surface area (Å²) >= 11 is 0. The minimum absolute atomic E-state index is 0.00596. The molecule has 1 saturated heterocycles. The summed E-state index contributed by atoms with van der Waals surface area (Å²) in [7, 11) is -3.52. The molecule has 0 saturated carbocycles. The van der Waals surface area contributed by atoms with Crippen LogP contribution >= 0.6 is 0 Å². The Morgan fingerprint density at radius 2 is 1.57 bits per heavy atom. The van der Waals surface area contributed by atoms with Crippen molar-refractivity contribution in [2.24, 2.45) is 0 Å². The molecule has 6 heteroatoms. The van der Waals surface area contributed by atoms with Gasteiger partial charge in [0.1, 0.15) is 0 Å².